The highest BCUT2D eigenvalue weighted by Crippen LogP contribution is 2.31. The monoisotopic (exact) mass is 402 g/mol. The van der Waals surface area contributed by atoms with Gasteiger partial charge < -0.3 is 14.6 Å². The van der Waals surface area contributed by atoms with Crippen LogP contribution in [0.2, 0.25) is 0 Å². The summed E-state index contributed by atoms with van der Waals surface area (Å²) in [6, 6.07) is 19.0. The number of rotatable bonds is 3. The second-order valence-corrected chi connectivity index (χ2v) is 8.69. The van der Waals surface area contributed by atoms with Crippen molar-refractivity contribution in [2.75, 3.05) is 11.9 Å². The lowest BCUT2D eigenvalue weighted by Crippen LogP contribution is -2.35. The van der Waals surface area contributed by atoms with Crippen molar-refractivity contribution in [2.24, 2.45) is 5.41 Å². The highest BCUT2D eigenvalue weighted by atomic mass is 16.3. The molecule has 0 saturated heterocycles. The van der Waals surface area contributed by atoms with Crippen LogP contribution in [0.15, 0.2) is 65.1 Å². The second-order valence-electron chi connectivity index (χ2n) is 8.69. The van der Waals surface area contributed by atoms with Crippen molar-refractivity contribution < 1.29 is 14.0 Å². The molecule has 0 bridgehead atoms. The van der Waals surface area contributed by atoms with Crippen molar-refractivity contribution in [3.05, 3.63) is 77.6 Å². The van der Waals surface area contributed by atoms with Gasteiger partial charge in [-0.25, -0.2) is 0 Å². The topological polar surface area (TPSA) is 62.6 Å². The van der Waals surface area contributed by atoms with Crippen molar-refractivity contribution in [1.82, 2.24) is 4.90 Å². The zero-order chi connectivity index (χ0) is 21.3. The van der Waals surface area contributed by atoms with E-state index in [0.29, 0.717) is 25.1 Å². The van der Waals surface area contributed by atoms with Gasteiger partial charge in [-0.05, 0) is 30.3 Å². The number of nitrogens with one attached hydrogen (secondary N) is 1. The van der Waals surface area contributed by atoms with E-state index in [1.165, 1.54) is 0 Å². The van der Waals surface area contributed by atoms with Gasteiger partial charge >= 0.3 is 0 Å². The number of carbonyl (C=O) groups is 2. The van der Waals surface area contributed by atoms with Gasteiger partial charge in [-0.1, -0.05) is 51.1 Å². The summed E-state index contributed by atoms with van der Waals surface area (Å²) in [4.78, 5) is 26.9. The minimum atomic E-state index is -0.464. The summed E-state index contributed by atoms with van der Waals surface area (Å²) in [5.74, 6) is 1.68. The lowest BCUT2D eigenvalue weighted by molar-refractivity contribution is -0.123. The fourth-order valence-electron chi connectivity index (χ4n) is 3.48. The maximum atomic E-state index is 12.8. The Morgan fingerprint density at radius 1 is 1.00 bits per heavy atom. The predicted octanol–water partition coefficient (Wildman–Crippen LogP) is 5.13. The lowest BCUT2D eigenvalue weighted by atomic mass is 9.95. The molecule has 0 saturated carbocycles. The van der Waals surface area contributed by atoms with E-state index in [2.05, 4.69) is 5.32 Å². The average molecular weight is 402 g/mol. The summed E-state index contributed by atoms with van der Waals surface area (Å²) in [5, 5.41) is 2.96. The van der Waals surface area contributed by atoms with Gasteiger partial charge in [-0.2, -0.15) is 0 Å². The Labute approximate surface area is 176 Å². The Morgan fingerprint density at radius 3 is 2.50 bits per heavy atom. The molecule has 0 spiro atoms. The average Bonchev–Trinajstić information content (AvgIpc) is 3.17. The maximum absolute atomic E-state index is 12.8. The Kier molecular flexibility index (Phi) is 5.20. The van der Waals surface area contributed by atoms with Crippen LogP contribution in [0.5, 0.6) is 0 Å². The van der Waals surface area contributed by atoms with Gasteiger partial charge in [0.15, 0.2) is 0 Å². The number of anilines is 1. The highest BCUT2D eigenvalue weighted by molar-refractivity contribution is 5.95. The highest BCUT2D eigenvalue weighted by Gasteiger charge is 2.25. The predicted molar refractivity (Wildman–Crippen MR) is 117 cm³/mol. The fourth-order valence-corrected chi connectivity index (χ4v) is 3.48. The van der Waals surface area contributed by atoms with E-state index in [1.807, 2.05) is 86.3 Å². The summed E-state index contributed by atoms with van der Waals surface area (Å²) >= 11 is 0. The molecule has 1 N–H and O–H groups in total. The molecule has 2 amide bonds. The quantitative estimate of drug-likeness (QED) is 0.661. The molecule has 0 fully saturated rings. The van der Waals surface area contributed by atoms with Crippen LogP contribution >= 0.6 is 0 Å². The minimum absolute atomic E-state index is 0.0338. The molecular formula is C25H26N2O3. The summed E-state index contributed by atoms with van der Waals surface area (Å²) in [7, 11) is 0. The third-order valence-electron chi connectivity index (χ3n) is 5.26. The maximum Gasteiger partial charge on any atom is 0.254 e. The van der Waals surface area contributed by atoms with Gasteiger partial charge in [-0.3, -0.25) is 9.59 Å². The first-order valence-corrected chi connectivity index (χ1v) is 10.2. The largest absolute Gasteiger partial charge is 0.461 e. The molecule has 1 aromatic heterocycles. The molecular weight excluding hydrogens is 376 g/mol. The summed E-state index contributed by atoms with van der Waals surface area (Å²) in [5.41, 5.74) is 2.91. The molecule has 5 heteroatoms. The first kappa shape index (κ1) is 20.0. The van der Waals surface area contributed by atoms with Gasteiger partial charge in [-0.15, -0.1) is 0 Å². The van der Waals surface area contributed by atoms with Crippen molar-refractivity contribution in [3.8, 4) is 11.3 Å². The second kappa shape index (κ2) is 7.82. The molecule has 154 valence electrons. The van der Waals surface area contributed by atoms with Crippen LogP contribution in [-0.4, -0.2) is 23.3 Å². The van der Waals surface area contributed by atoms with Crippen LogP contribution in [0.3, 0.4) is 0 Å². The molecule has 3 aromatic rings. The molecule has 0 radical (unpaired) electrons. The standard InChI is InChI=1S/C25H26N2O3/c1-25(2,3)24(29)26-20-11-7-10-18(14-20)22-15-19-16-27(13-12-21(19)30-22)23(28)17-8-5-4-6-9-17/h4-11,14-15H,12-13,16H2,1-3H3,(H,26,29). The number of benzene rings is 2. The first-order chi connectivity index (χ1) is 14.3. The van der Waals surface area contributed by atoms with Crippen LogP contribution in [0.25, 0.3) is 11.3 Å². The van der Waals surface area contributed by atoms with Crippen molar-refractivity contribution >= 4 is 17.5 Å². The van der Waals surface area contributed by atoms with Crippen LogP contribution in [-0.2, 0) is 17.8 Å². The van der Waals surface area contributed by atoms with E-state index in [9.17, 15) is 9.59 Å². The van der Waals surface area contributed by atoms with Crippen molar-refractivity contribution in [2.45, 2.75) is 33.7 Å². The molecule has 0 unspecified atom stereocenters. The van der Waals surface area contributed by atoms with Gasteiger partial charge in [0.2, 0.25) is 5.91 Å². The molecule has 0 atom stereocenters. The number of hydrogen-bond donors (Lipinski definition) is 1. The zero-order valence-electron chi connectivity index (χ0n) is 17.6. The Balaban J connectivity index is 1.53. The van der Waals surface area contributed by atoms with Gasteiger partial charge in [0.1, 0.15) is 11.5 Å². The van der Waals surface area contributed by atoms with Gasteiger partial charge in [0.25, 0.3) is 5.91 Å². The van der Waals surface area contributed by atoms with Gasteiger partial charge in [0.05, 0.1) is 0 Å². The summed E-state index contributed by atoms with van der Waals surface area (Å²) < 4.78 is 6.10. The van der Waals surface area contributed by atoms with E-state index < -0.39 is 5.41 Å². The molecule has 4 rings (SSSR count). The lowest BCUT2D eigenvalue weighted by Gasteiger charge is -2.26. The number of carbonyl (C=O) groups excluding carboxylic acids is 2. The molecule has 2 heterocycles. The van der Waals surface area contributed by atoms with Crippen LogP contribution in [0, 0.1) is 5.41 Å². The number of amides is 2. The molecule has 1 aliphatic heterocycles. The molecule has 0 aliphatic carbocycles. The zero-order valence-corrected chi connectivity index (χ0v) is 17.6. The molecule has 2 aromatic carbocycles. The third kappa shape index (κ3) is 4.15. The first-order valence-electron chi connectivity index (χ1n) is 10.2. The fraction of sp³-hybridized carbons (Fsp3) is 0.280. The van der Waals surface area contributed by atoms with E-state index in [-0.39, 0.29) is 11.8 Å². The summed E-state index contributed by atoms with van der Waals surface area (Å²) in [6.07, 6.45) is 0.689. The van der Waals surface area contributed by atoms with Crippen molar-refractivity contribution in [3.63, 3.8) is 0 Å². The molecule has 1 aliphatic rings. The number of nitrogens with zero attached hydrogens (tertiary/aromatic N) is 1. The minimum Gasteiger partial charge on any atom is -0.461 e. The van der Waals surface area contributed by atoms with E-state index in [4.69, 9.17) is 4.42 Å². The Morgan fingerprint density at radius 2 is 1.77 bits per heavy atom. The SMILES string of the molecule is CC(C)(C)C(=O)Nc1cccc(-c2cc3c(o2)CCN(C(=O)c2ccccc2)C3)c1. The van der Waals surface area contributed by atoms with E-state index in [0.717, 1.165) is 28.3 Å². The van der Waals surface area contributed by atoms with Crippen LogP contribution < -0.4 is 5.32 Å². The number of furan rings is 1. The van der Waals surface area contributed by atoms with Crippen LogP contribution in [0.4, 0.5) is 5.69 Å². The third-order valence-corrected chi connectivity index (χ3v) is 5.26. The summed E-state index contributed by atoms with van der Waals surface area (Å²) in [6.45, 7) is 6.82. The molecule has 5 nitrogen and oxygen atoms in total. The normalized spacial score (nSPS) is 13.6. The smallest absolute Gasteiger partial charge is 0.254 e. The van der Waals surface area contributed by atoms with E-state index >= 15 is 0 Å². The molecule has 30 heavy (non-hydrogen) atoms. The Hall–Kier alpha value is -3.34. The number of hydrogen-bond acceptors (Lipinski definition) is 3. The number of fused-ring (bicyclic) bond motifs is 1. The van der Waals surface area contributed by atoms with E-state index in [1.54, 1.807) is 0 Å². The Bertz CT molecular complexity index is 1080. The van der Waals surface area contributed by atoms with Crippen LogP contribution in [0.1, 0.15) is 42.5 Å². The van der Waals surface area contributed by atoms with Crippen molar-refractivity contribution in [1.29, 1.82) is 0 Å². The van der Waals surface area contributed by atoms with Gasteiger partial charge in [0, 0.05) is 47.3 Å².